The molecule has 0 aromatic heterocycles. The molecule has 3 aromatic carbocycles. The van der Waals surface area contributed by atoms with E-state index in [4.69, 9.17) is 9.47 Å². The van der Waals surface area contributed by atoms with Crippen LogP contribution in [-0.2, 0) is 10.0 Å². The normalized spacial score (nSPS) is 12.4. The van der Waals surface area contributed by atoms with Gasteiger partial charge in [0, 0.05) is 21.8 Å². The number of nitrogens with one attached hydrogen (secondary N) is 2. The molecule has 0 bridgehead atoms. The number of amides is 1. The van der Waals surface area contributed by atoms with Gasteiger partial charge in [0.2, 0.25) is 6.79 Å². The third kappa shape index (κ3) is 4.36. The van der Waals surface area contributed by atoms with Gasteiger partial charge in [-0.05, 0) is 54.6 Å². The zero-order valence-electron chi connectivity index (χ0n) is 14.9. The van der Waals surface area contributed by atoms with Crippen molar-refractivity contribution in [3.05, 3.63) is 76.8 Å². The molecule has 0 atom stereocenters. The first-order chi connectivity index (χ1) is 13.9. The zero-order valence-corrected chi connectivity index (χ0v) is 17.3. The molecule has 7 nitrogen and oxygen atoms in total. The van der Waals surface area contributed by atoms with Crippen molar-refractivity contribution < 1.29 is 22.7 Å². The fraction of sp³-hybridized carbons (Fsp3) is 0.0500. The van der Waals surface area contributed by atoms with Crippen LogP contribution in [0.25, 0.3) is 0 Å². The molecular formula is C20H15BrN2O5S. The lowest BCUT2D eigenvalue weighted by atomic mass is 10.2. The lowest BCUT2D eigenvalue weighted by Gasteiger charge is -2.10. The molecule has 0 unspecified atom stereocenters. The number of halogens is 1. The Hall–Kier alpha value is -3.04. The Kier molecular flexibility index (Phi) is 5.16. The van der Waals surface area contributed by atoms with E-state index >= 15 is 0 Å². The number of benzene rings is 3. The smallest absolute Gasteiger partial charge is 0.261 e. The summed E-state index contributed by atoms with van der Waals surface area (Å²) in [4.78, 5) is 12.5. The highest BCUT2D eigenvalue weighted by Crippen LogP contribution is 2.34. The van der Waals surface area contributed by atoms with Crippen LogP contribution < -0.4 is 19.5 Å². The quantitative estimate of drug-likeness (QED) is 0.576. The van der Waals surface area contributed by atoms with Gasteiger partial charge in [-0.25, -0.2) is 8.42 Å². The van der Waals surface area contributed by atoms with E-state index in [0.29, 0.717) is 22.9 Å². The Morgan fingerprint density at radius 2 is 1.62 bits per heavy atom. The summed E-state index contributed by atoms with van der Waals surface area (Å²) in [5, 5.41) is 2.74. The number of hydrogen-bond acceptors (Lipinski definition) is 5. The lowest BCUT2D eigenvalue weighted by Crippen LogP contribution is -2.16. The SMILES string of the molecule is O=C(Nc1ccc(Br)cc1)c1cccc(S(=O)(=O)Nc2ccc3c(c2)OCO3)c1. The van der Waals surface area contributed by atoms with Gasteiger partial charge in [-0.1, -0.05) is 22.0 Å². The van der Waals surface area contributed by atoms with Gasteiger partial charge in [-0.2, -0.15) is 0 Å². The molecule has 1 heterocycles. The fourth-order valence-corrected chi connectivity index (χ4v) is 4.07. The Balaban J connectivity index is 1.53. The van der Waals surface area contributed by atoms with E-state index in [9.17, 15) is 13.2 Å². The minimum atomic E-state index is -3.90. The zero-order chi connectivity index (χ0) is 20.4. The molecule has 0 aliphatic carbocycles. The molecule has 148 valence electrons. The van der Waals surface area contributed by atoms with E-state index < -0.39 is 15.9 Å². The molecule has 3 aromatic rings. The average molecular weight is 475 g/mol. The van der Waals surface area contributed by atoms with E-state index in [2.05, 4.69) is 26.0 Å². The fourth-order valence-electron chi connectivity index (χ4n) is 2.72. The van der Waals surface area contributed by atoms with Crippen LogP contribution in [0, 0.1) is 0 Å². The van der Waals surface area contributed by atoms with Gasteiger partial charge in [-0.15, -0.1) is 0 Å². The molecular weight excluding hydrogens is 460 g/mol. The molecule has 0 spiro atoms. The predicted molar refractivity (Wildman–Crippen MR) is 112 cm³/mol. The highest BCUT2D eigenvalue weighted by molar-refractivity contribution is 9.10. The van der Waals surface area contributed by atoms with Crippen molar-refractivity contribution in [2.24, 2.45) is 0 Å². The van der Waals surface area contributed by atoms with Crippen LogP contribution in [0.15, 0.2) is 76.1 Å². The third-order valence-corrected chi connectivity index (χ3v) is 6.04. The maximum absolute atomic E-state index is 12.8. The minimum Gasteiger partial charge on any atom is -0.454 e. The van der Waals surface area contributed by atoms with Gasteiger partial charge in [0.15, 0.2) is 11.5 Å². The van der Waals surface area contributed by atoms with Gasteiger partial charge in [0.1, 0.15) is 0 Å². The number of hydrogen-bond donors (Lipinski definition) is 2. The van der Waals surface area contributed by atoms with Crippen LogP contribution >= 0.6 is 15.9 Å². The maximum atomic E-state index is 12.8. The van der Waals surface area contributed by atoms with E-state index in [-0.39, 0.29) is 17.3 Å². The second kappa shape index (κ2) is 7.76. The average Bonchev–Trinajstić information content (AvgIpc) is 3.17. The number of ether oxygens (including phenoxy) is 2. The molecule has 1 amide bonds. The van der Waals surface area contributed by atoms with Crippen LogP contribution in [0.4, 0.5) is 11.4 Å². The number of fused-ring (bicyclic) bond motifs is 1. The van der Waals surface area contributed by atoms with Gasteiger partial charge >= 0.3 is 0 Å². The summed E-state index contributed by atoms with van der Waals surface area (Å²) >= 11 is 3.33. The van der Waals surface area contributed by atoms with E-state index in [1.807, 2.05) is 0 Å². The van der Waals surface area contributed by atoms with Gasteiger partial charge < -0.3 is 14.8 Å². The van der Waals surface area contributed by atoms with Gasteiger partial charge in [0.25, 0.3) is 15.9 Å². The first-order valence-electron chi connectivity index (χ1n) is 8.50. The Morgan fingerprint density at radius 3 is 2.41 bits per heavy atom. The van der Waals surface area contributed by atoms with Crippen molar-refractivity contribution in [2.75, 3.05) is 16.8 Å². The second-order valence-electron chi connectivity index (χ2n) is 6.16. The topological polar surface area (TPSA) is 93.7 Å². The third-order valence-electron chi connectivity index (χ3n) is 4.13. The predicted octanol–water partition coefficient (Wildman–Crippen LogP) is 4.23. The van der Waals surface area contributed by atoms with Crippen molar-refractivity contribution in [3.8, 4) is 11.5 Å². The summed E-state index contributed by atoms with van der Waals surface area (Å²) in [5.74, 6) is 0.611. The number of sulfonamides is 1. The monoisotopic (exact) mass is 474 g/mol. The molecule has 9 heteroatoms. The standard InChI is InChI=1S/C20H15BrN2O5S/c21-14-4-6-15(7-5-14)22-20(24)13-2-1-3-17(10-13)29(25,26)23-16-8-9-18-19(11-16)28-12-27-18/h1-11,23H,12H2,(H,22,24). The van der Waals surface area contributed by atoms with Crippen LogP contribution in [0.2, 0.25) is 0 Å². The van der Waals surface area contributed by atoms with Crippen LogP contribution in [0.5, 0.6) is 11.5 Å². The van der Waals surface area contributed by atoms with E-state index in [1.165, 1.54) is 18.2 Å². The van der Waals surface area contributed by atoms with Gasteiger partial charge in [-0.3, -0.25) is 9.52 Å². The van der Waals surface area contributed by atoms with E-state index in [1.54, 1.807) is 48.5 Å². The Morgan fingerprint density at radius 1 is 0.897 bits per heavy atom. The molecule has 1 aliphatic rings. The molecule has 29 heavy (non-hydrogen) atoms. The van der Waals surface area contributed by atoms with Crippen LogP contribution in [0.3, 0.4) is 0 Å². The molecule has 0 radical (unpaired) electrons. The van der Waals surface area contributed by atoms with E-state index in [0.717, 1.165) is 4.47 Å². The van der Waals surface area contributed by atoms with Gasteiger partial charge in [0.05, 0.1) is 10.6 Å². The summed E-state index contributed by atoms with van der Waals surface area (Å²) in [6, 6.07) is 17.6. The molecule has 2 N–H and O–H groups in total. The molecule has 0 fully saturated rings. The van der Waals surface area contributed by atoms with Crippen LogP contribution in [-0.4, -0.2) is 21.1 Å². The Labute approximate surface area is 175 Å². The molecule has 1 aliphatic heterocycles. The first-order valence-corrected chi connectivity index (χ1v) is 10.8. The van der Waals surface area contributed by atoms with Crippen molar-refractivity contribution in [2.45, 2.75) is 4.90 Å². The second-order valence-corrected chi connectivity index (χ2v) is 8.76. The van der Waals surface area contributed by atoms with Crippen molar-refractivity contribution >= 4 is 43.2 Å². The minimum absolute atomic E-state index is 0.0291. The molecule has 0 saturated carbocycles. The highest BCUT2D eigenvalue weighted by atomic mass is 79.9. The summed E-state index contributed by atoms with van der Waals surface area (Å²) in [6.07, 6.45) is 0. The summed E-state index contributed by atoms with van der Waals surface area (Å²) in [7, 11) is -3.90. The molecule has 4 rings (SSSR count). The first kappa shape index (κ1) is 19.3. The highest BCUT2D eigenvalue weighted by Gasteiger charge is 2.19. The van der Waals surface area contributed by atoms with Crippen LogP contribution in [0.1, 0.15) is 10.4 Å². The Bertz CT molecular complexity index is 1180. The maximum Gasteiger partial charge on any atom is 0.261 e. The number of rotatable bonds is 5. The summed E-state index contributed by atoms with van der Waals surface area (Å²) < 4.78 is 39.4. The summed E-state index contributed by atoms with van der Waals surface area (Å²) in [5.41, 5.74) is 1.16. The van der Waals surface area contributed by atoms with Crippen molar-refractivity contribution in [1.29, 1.82) is 0 Å². The summed E-state index contributed by atoms with van der Waals surface area (Å²) in [6.45, 7) is 0.0983. The number of carbonyl (C=O) groups is 1. The molecule has 0 saturated heterocycles. The van der Waals surface area contributed by atoms with Crippen molar-refractivity contribution in [3.63, 3.8) is 0 Å². The number of carbonyl (C=O) groups excluding carboxylic acids is 1. The lowest BCUT2D eigenvalue weighted by molar-refractivity contribution is 0.102. The van der Waals surface area contributed by atoms with Crippen molar-refractivity contribution in [1.82, 2.24) is 0 Å². The largest absolute Gasteiger partial charge is 0.454 e. The number of anilines is 2.